The van der Waals surface area contributed by atoms with Gasteiger partial charge in [-0.25, -0.2) is 9.78 Å². The van der Waals surface area contributed by atoms with Crippen LogP contribution in [0.2, 0.25) is 0 Å². The van der Waals surface area contributed by atoms with E-state index in [1.54, 1.807) is 0 Å². The van der Waals surface area contributed by atoms with E-state index in [4.69, 9.17) is 10.1 Å². The summed E-state index contributed by atoms with van der Waals surface area (Å²) in [5.74, 6) is 1.40. The Morgan fingerprint density at radius 2 is 2.28 bits per heavy atom. The predicted molar refractivity (Wildman–Crippen MR) is 98.5 cm³/mol. The van der Waals surface area contributed by atoms with Gasteiger partial charge < -0.3 is 20.3 Å². The smallest absolute Gasteiger partial charge is 0.319 e. The number of aliphatic hydroxyl groups excluding tert-OH is 1. The zero-order chi connectivity index (χ0) is 17.6. The normalized spacial score (nSPS) is 14.6. The van der Waals surface area contributed by atoms with E-state index >= 15 is 0 Å². The fourth-order valence-electron chi connectivity index (χ4n) is 3.07. The van der Waals surface area contributed by atoms with E-state index in [-0.39, 0.29) is 18.6 Å². The fourth-order valence-corrected chi connectivity index (χ4v) is 3.07. The van der Waals surface area contributed by atoms with E-state index < -0.39 is 0 Å². The highest BCUT2D eigenvalue weighted by Gasteiger charge is 2.13. The summed E-state index contributed by atoms with van der Waals surface area (Å²) in [7, 11) is 0. The van der Waals surface area contributed by atoms with Crippen LogP contribution in [0, 0.1) is 5.92 Å². The minimum Gasteiger partial charge on any atom is -0.396 e. The molecule has 0 aliphatic carbocycles. The van der Waals surface area contributed by atoms with Gasteiger partial charge >= 0.3 is 6.03 Å². The summed E-state index contributed by atoms with van der Waals surface area (Å²) in [6.07, 6.45) is 6.23. The summed E-state index contributed by atoms with van der Waals surface area (Å²) in [5.41, 5.74) is 2.71. The minimum atomic E-state index is -0.230. The zero-order valence-corrected chi connectivity index (χ0v) is 14.7. The van der Waals surface area contributed by atoms with Crippen LogP contribution < -0.4 is 10.6 Å². The van der Waals surface area contributed by atoms with Crippen molar-refractivity contribution in [1.29, 1.82) is 0 Å². The lowest BCUT2D eigenvalue weighted by molar-refractivity contribution is 0.243. The van der Waals surface area contributed by atoms with E-state index in [0.717, 1.165) is 35.7 Å². The maximum Gasteiger partial charge on any atom is 0.319 e. The summed E-state index contributed by atoms with van der Waals surface area (Å²) in [6, 6.07) is 7.53. The molecule has 2 aromatic rings. The van der Waals surface area contributed by atoms with Crippen molar-refractivity contribution in [2.45, 2.75) is 39.2 Å². The second-order valence-electron chi connectivity index (χ2n) is 6.73. The molecule has 25 heavy (non-hydrogen) atoms. The van der Waals surface area contributed by atoms with E-state index in [1.165, 1.54) is 12.8 Å². The van der Waals surface area contributed by atoms with Gasteiger partial charge in [0.2, 0.25) is 0 Å². The number of amides is 2. The first-order chi connectivity index (χ1) is 12.2. The second-order valence-corrected chi connectivity index (χ2v) is 6.73. The maximum atomic E-state index is 12.0. The van der Waals surface area contributed by atoms with Crippen molar-refractivity contribution in [2.24, 2.45) is 5.92 Å². The van der Waals surface area contributed by atoms with Gasteiger partial charge in [-0.05, 0) is 37.3 Å². The maximum absolute atomic E-state index is 12.0. The van der Waals surface area contributed by atoms with Gasteiger partial charge in [-0.3, -0.25) is 0 Å². The lowest BCUT2D eigenvalue weighted by Gasteiger charge is -2.12. The van der Waals surface area contributed by atoms with Crippen LogP contribution in [-0.2, 0) is 13.0 Å². The Labute approximate surface area is 148 Å². The zero-order valence-electron chi connectivity index (χ0n) is 14.7. The van der Waals surface area contributed by atoms with E-state index in [1.807, 2.05) is 31.2 Å². The highest BCUT2D eigenvalue weighted by Crippen LogP contribution is 2.24. The Morgan fingerprint density at radius 3 is 3.08 bits per heavy atom. The first kappa shape index (κ1) is 17.5. The summed E-state index contributed by atoms with van der Waals surface area (Å²) in [6.45, 7) is 3.72. The highest BCUT2D eigenvalue weighted by molar-refractivity contribution is 5.90. The Hall–Kier alpha value is -2.34. The number of carbonyl (C=O) groups is 1. The first-order valence-electron chi connectivity index (χ1n) is 8.98. The summed E-state index contributed by atoms with van der Waals surface area (Å²) in [4.78, 5) is 16.8. The van der Waals surface area contributed by atoms with Gasteiger partial charge in [0.15, 0.2) is 0 Å². The molecule has 1 unspecified atom stereocenters. The van der Waals surface area contributed by atoms with Crippen molar-refractivity contribution >= 4 is 11.7 Å². The monoisotopic (exact) mass is 342 g/mol. The van der Waals surface area contributed by atoms with Gasteiger partial charge in [0.1, 0.15) is 5.82 Å². The van der Waals surface area contributed by atoms with Crippen LogP contribution in [0.15, 0.2) is 30.5 Å². The van der Waals surface area contributed by atoms with Gasteiger partial charge in [0.05, 0.1) is 5.69 Å². The van der Waals surface area contributed by atoms with Crippen LogP contribution in [0.4, 0.5) is 10.5 Å². The van der Waals surface area contributed by atoms with Gasteiger partial charge in [-0.15, -0.1) is 0 Å². The number of hydrogen-bond donors (Lipinski definition) is 3. The van der Waals surface area contributed by atoms with Crippen LogP contribution in [0.5, 0.6) is 0 Å². The van der Waals surface area contributed by atoms with Crippen LogP contribution in [0.3, 0.4) is 0 Å². The summed E-state index contributed by atoms with van der Waals surface area (Å²) in [5, 5.41) is 14.6. The number of fused-ring (bicyclic) bond motifs is 1. The second kappa shape index (κ2) is 8.16. The van der Waals surface area contributed by atoms with Crippen LogP contribution in [0.25, 0.3) is 11.3 Å². The Morgan fingerprint density at radius 1 is 1.40 bits per heavy atom. The lowest BCUT2D eigenvalue weighted by Crippen LogP contribution is -2.32. The van der Waals surface area contributed by atoms with Gasteiger partial charge in [-0.2, -0.15) is 0 Å². The number of urea groups is 1. The van der Waals surface area contributed by atoms with Gasteiger partial charge in [-0.1, -0.05) is 19.1 Å². The molecule has 0 fully saturated rings. The van der Waals surface area contributed by atoms with Gasteiger partial charge in [0.25, 0.3) is 0 Å². The molecular formula is C19H26N4O2. The third-order valence-corrected chi connectivity index (χ3v) is 4.56. The quantitative estimate of drug-likeness (QED) is 0.755. The van der Waals surface area contributed by atoms with Crippen molar-refractivity contribution in [3.8, 4) is 11.3 Å². The number of aromatic nitrogens is 2. The molecule has 1 aliphatic heterocycles. The molecule has 134 valence electrons. The third kappa shape index (κ3) is 4.60. The number of rotatable bonds is 6. The van der Waals surface area contributed by atoms with E-state index in [9.17, 15) is 4.79 Å². The van der Waals surface area contributed by atoms with Crippen molar-refractivity contribution in [3.05, 3.63) is 36.3 Å². The molecule has 3 N–H and O–H groups in total. The number of anilines is 1. The fraction of sp³-hybridized carbons (Fsp3) is 0.474. The Balaban J connectivity index is 1.63. The molecule has 1 aromatic heterocycles. The predicted octanol–water partition coefficient (Wildman–Crippen LogP) is 3.03. The molecule has 3 rings (SSSR count). The molecule has 0 saturated heterocycles. The number of benzene rings is 1. The number of nitrogens with one attached hydrogen (secondary N) is 2. The average molecular weight is 342 g/mol. The number of aryl methyl sites for hydroxylation is 2. The van der Waals surface area contributed by atoms with Crippen molar-refractivity contribution in [2.75, 3.05) is 18.5 Å². The molecule has 0 radical (unpaired) electrons. The van der Waals surface area contributed by atoms with E-state index in [0.29, 0.717) is 13.0 Å². The largest absolute Gasteiger partial charge is 0.396 e. The molecule has 6 heteroatoms. The molecule has 1 atom stereocenters. The lowest BCUT2D eigenvalue weighted by atomic mass is 10.1. The standard InChI is InChI=1S/C19H26N4O2/c1-14(8-10-24)12-20-19(25)21-16-6-4-5-15(11-16)17-13-23-9-3-2-7-18(23)22-17/h4-6,11,13-14,24H,2-3,7-10,12H2,1H3,(H2,20,21,25). The average Bonchev–Trinajstić information content (AvgIpc) is 3.05. The van der Waals surface area contributed by atoms with E-state index in [2.05, 4.69) is 21.4 Å². The highest BCUT2D eigenvalue weighted by atomic mass is 16.3. The molecular weight excluding hydrogens is 316 g/mol. The Kier molecular flexibility index (Phi) is 5.71. The number of nitrogens with zero attached hydrogens (tertiary/aromatic N) is 2. The van der Waals surface area contributed by atoms with Crippen LogP contribution in [0.1, 0.15) is 32.0 Å². The number of hydrogen-bond acceptors (Lipinski definition) is 3. The number of imidazole rings is 1. The molecule has 0 bridgehead atoms. The SMILES string of the molecule is CC(CCO)CNC(=O)Nc1cccc(-c2cn3c(n2)CCCC3)c1. The topological polar surface area (TPSA) is 79.2 Å². The molecule has 2 amide bonds. The summed E-state index contributed by atoms with van der Waals surface area (Å²) >= 11 is 0. The van der Waals surface area contributed by atoms with Crippen LogP contribution >= 0.6 is 0 Å². The summed E-state index contributed by atoms with van der Waals surface area (Å²) < 4.78 is 2.23. The molecule has 2 heterocycles. The molecule has 0 saturated carbocycles. The molecule has 0 spiro atoms. The molecule has 1 aliphatic rings. The molecule has 1 aromatic carbocycles. The third-order valence-electron chi connectivity index (χ3n) is 4.56. The van der Waals surface area contributed by atoms with Crippen molar-refractivity contribution in [1.82, 2.24) is 14.9 Å². The number of carbonyl (C=O) groups excluding carboxylic acids is 1. The van der Waals surface area contributed by atoms with Gasteiger partial charge in [0, 0.05) is 43.6 Å². The van der Waals surface area contributed by atoms with Crippen molar-refractivity contribution in [3.63, 3.8) is 0 Å². The van der Waals surface area contributed by atoms with Crippen molar-refractivity contribution < 1.29 is 9.90 Å². The molecule has 6 nitrogen and oxygen atoms in total. The minimum absolute atomic E-state index is 0.140. The Bertz CT molecular complexity index is 702. The van der Waals surface area contributed by atoms with Crippen LogP contribution in [-0.4, -0.2) is 33.8 Å². The number of aliphatic hydroxyl groups is 1. The first-order valence-corrected chi connectivity index (χ1v) is 8.98.